The van der Waals surface area contributed by atoms with Gasteiger partial charge in [0.15, 0.2) is 0 Å². The minimum absolute atomic E-state index is 0.511. The van der Waals surface area contributed by atoms with Crippen molar-refractivity contribution in [1.29, 1.82) is 0 Å². The van der Waals surface area contributed by atoms with Gasteiger partial charge >= 0.3 is 0 Å². The topological polar surface area (TPSA) is 12.0 Å². The van der Waals surface area contributed by atoms with E-state index in [1.165, 1.54) is 22.6 Å². The van der Waals surface area contributed by atoms with Crippen LogP contribution in [0.2, 0.25) is 0 Å². The first-order valence-electron chi connectivity index (χ1n) is 6.40. The molecule has 4 atom stereocenters. The smallest absolute Gasteiger partial charge is 0.0388 e. The Bertz CT molecular complexity index is 344. The molecule has 1 heterocycles. The molecule has 90 valence electrons. The molecule has 0 spiro atoms. The van der Waals surface area contributed by atoms with Gasteiger partial charge in [0, 0.05) is 21.8 Å². The number of hydrogen-bond acceptors (Lipinski definition) is 2. The Labute approximate surface area is 103 Å². The Morgan fingerprint density at radius 2 is 2.06 bits per heavy atom. The minimum atomic E-state index is 0.511. The van der Waals surface area contributed by atoms with Gasteiger partial charge in [0.1, 0.15) is 0 Å². The van der Waals surface area contributed by atoms with Gasteiger partial charge in [-0.1, -0.05) is 13.8 Å². The summed E-state index contributed by atoms with van der Waals surface area (Å²) in [6, 6.07) is 5.71. The van der Waals surface area contributed by atoms with Crippen LogP contribution in [-0.2, 0) is 0 Å². The van der Waals surface area contributed by atoms with Crippen LogP contribution in [0.25, 0.3) is 0 Å². The first-order chi connectivity index (χ1) is 7.58. The van der Waals surface area contributed by atoms with Crippen molar-refractivity contribution < 1.29 is 0 Å². The predicted octanol–water partition coefficient (Wildman–Crippen LogP) is 4.14. The largest absolute Gasteiger partial charge is 0.306 e. The fraction of sp³-hybridized carbons (Fsp3) is 0.714. The summed E-state index contributed by atoms with van der Waals surface area (Å²) in [6.07, 6.45) is 2.73. The van der Waals surface area contributed by atoms with Gasteiger partial charge in [0.2, 0.25) is 0 Å². The third kappa shape index (κ3) is 2.49. The Balaban J connectivity index is 1.95. The van der Waals surface area contributed by atoms with E-state index in [4.69, 9.17) is 0 Å². The lowest BCUT2D eigenvalue weighted by molar-refractivity contribution is 0.348. The molecule has 4 unspecified atom stereocenters. The Morgan fingerprint density at radius 1 is 1.31 bits per heavy atom. The zero-order valence-corrected chi connectivity index (χ0v) is 11.6. The molecule has 1 nitrogen and oxygen atoms in total. The van der Waals surface area contributed by atoms with Gasteiger partial charge in [-0.2, -0.15) is 0 Å². The predicted molar refractivity (Wildman–Crippen MR) is 72.0 cm³/mol. The van der Waals surface area contributed by atoms with Crippen molar-refractivity contribution in [2.75, 3.05) is 0 Å². The molecule has 0 aliphatic heterocycles. The molecule has 1 aromatic rings. The monoisotopic (exact) mass is 237 g/mol. The molecule has 0 aromatic carbocycles. The summed E-state index contributed by atoms with van der Waals surface area (Å²) in [5.41, 5.74) is 0. The van der Waals surface area contributed by atoms with Crippen LogP contribution in [0.15, 0.2) is 12.1 Å². The maximum absolute atomic E-state index is 3.80. The van der Waals surface area contributed by atoms with Gasteiger partial charge in [-0.15, -0.1) is 11.3 Å². The van der Waals surface area contributed by atoms with Crippen LogP contribution in [0, 0.1) is 18.8 Å². The van der Waals surface area contributed by atoms with Crippen molar-refractivity contribution in [2.24, 2.45) is 11.8 Å². The van der Waals surface area contributed by atoms with Crippen LogP contribution >= 0.6 is 11.3 Å². The van der Waals surface area contributed by atoms with E-state index in [-0.39, 0.29) is 0 Å². The first-order valence-corrected chi connectivity index (χ1v) is 7.22. The van der Waals surface area contributed by atoms with E-state index < -0.39 is 0 Å². The molecule has 1 N–H and O–H groups in total. The highest BCUT2D eigenvalue weighted by Gasteiger charge is 2.30. The Kier molecular flexibility index (Phi) is 3.70. The summed E-state index contributed by atoms with van der Waals surface area (Å²) in [6.45, 7) is 9.25. The highest BCUT2D eigenvalue weighted by molar-refractivity contribution is 7.12. The van der Waals surface area contributed by atoms with E-state index in [1.807, 2.05) is 11.3 Å². The number of nitrogens with one attached hydrogen (secondary N) is 1. The van der Waals surface area contributed by atoms with Gasteiger partial charge in [0.25, 0.3) is 0 Å². The van der Waals surface area contributed by atoms with E-state index >= 15 is 0 Å². The van der Waals surface area contributed by atoms with Crippen molar-refractivity contribution in [3.05, 3.63) is 21.9 Å². The van der Waals surface area contributed by atoms with E-state index in [2.05, 4.69) is 45.1 Å². The van der Waals surface area contributed by atoms with Crippen LogP contribution in [0.4, 0.5) is 0 Å². The van der Waals surface area contributed by atoms with Gasteiger partial charge in [-0.3, -0.25) is 0 Å². The molecular weight excluding hydrogens is 214 g/mol. The quantitative estimate of drug-likeness (QED) is 0.833. The van der Waals surface area contributed by atoms with Crippen molar-refractivity contribution >= 4 is 11.3 Å². The molecule has 0 radical (unpaired) electrons. The molecule has 0 bridgehead atoms. The van der Waals surface area contributed by atoms with Crippen molar-refractivity contribution in [3.8, 4) is 0 Å². The van der Waals surface area contributed by atoms with Crippen molar-refractivity contribution in [1.82, 2.24) is 5.32 Å². The zero-order valence-electron chi connectivity index (χ0n) is 10.8. The Hall–Kier alpha value is -0.340. The first kappa shape index (κ1) is 12.1. The third-order valence-corrected chi connectivity index (χ3v) is 5.30. The summed E-state index contributed by atoms with van der Waals surface area (Å²) in [7, 11) is 0. The second-order valence-electron chi connectivity index (χ2n) is 5.36. The van der Waals surface area contributed by atoms with Crippen LogP contribution in [-0.4, -0.2) is 6.04 Å². The summed E-state index contributed by atoms with van der Waals surface area (Å²) in [5, 5.41) is 3.80. The maximum atomic E-state index is 3.80. The highest BCUT2D eigenvalue weighted by Crippen LogP contribution is 2.33. The lowest BCUT2D eigenvalue weighted by atomic mass is 9.97. The molecule has 16 heavy (non-hydrogen) atoms. The van der Waals surface area contributed by atoms with E-state index in [1.54, 1.807) is 0 Å². The number of rotatable bonds is 3. The molecule has 2 heteroatoms. The second kappa shape index (κ2) is 4.89. The fourth-order valence-electron chi connectivity index (χ4n) is 2.69. The lowest BCUT2D eigenvalue weighted by Crippen LogP contribution is -2.34. The maximum Gasteiger partial charge on any atom is 0.0388 e. The Morgan fingerprint density at radius 3 is 2.56 bits per heavy atom. The van der Waals surface area contributed by atoms with Crippen molar-refractivity contribution in [3.63, 3.8) is 0 Å². The third-order valence-electron chi connectivity index (χ3n) is 4.12. The minimum Gasteiger partial charge on any atom is -0.306 e. The SMILES string of the molecule is Cc1ccc(C(C)NC2CCC(C)C2C)s1. The summed E-state index contributed by atoms with van der Waals surface area (Å²) < 4.78 is 0. The second-order valence-corrected chi connectivity index (χ2v) is 6.68. The highest BCUT2D eigenvalue weighted by atomic mass is 32.1. The molecule has 1 aromatic heterocycles. The molecular formula is C14H23NS. The average Bonchev–Trinajstić information content (AvgIpc) is 2.79. The number of thiophene rings is 1. The summed E-state index contributed by atoms with van der Waals surface area (Å²) in [5.74, 6) is 1.71. The van der Waals surface area contributed by atoms with Gasteiger partial charge < -0.3 is 5.32 Å². The standard InChI is InChI=1S/C14H23NS/c1-9-5-7-13(11(9)3)15-12(4)14-8-6-10(2)16-14/h6,8-9,11-13,15H,5,7H2,1-4H3. The lowest BCUT2D eigenvalue weighted by Gasteiger charge is -2.23. The van der Waals surface area contributed by atoms with Gasteiger partial charge in [-0.25, -0.2) is 0 Å². The average molecular weight is 237 g/mol. The van der Waals surface area contributed by atoms with Crippen LogP contribution in [0.5, 0.6) is 0 Å². The molecule has 1 aliphatic rings. The van der Waals surface area contributed by atoms with E-state index in [0.717, 1.165) is 11.8 Å². The molecule has 1 fully saturated rings. The normalized spacial score (nSPS) is 31.9. The van der Waals surface area contributed by atoms with E-state index in [0.29, 0.717) is 12.1 Å². The van der Waals surface area contributed by atoms with E-state index in [9.17, 15) is 0 Å². The molecule has 1 saturated carbocycles. The molecule has 2 rings (SSSR count). The summed E-state index contributed by atoms with van der Waals surface area (Å²) >= 11 is 1.92. The summed E-state index contributed by atoms with van der Waals surface area (Å²) in [4.78, 5) is 2.89. The van der Waals surface area contributed by atoms with Crippen LogP contribution in [0.3, 0.4) is 0 Å². The molecule has 0 saturated heterocycles. The molecule has 0 amide bonds. The number of hydrogen-bond donors (Lipinski definition) is 1. The zero-order chi connectivity index (χ0) is 11.7. The molecule has 1 aliphatic carbocycles. The number of aryl methyl sites for hydroxylation is 1. The van der Waals surface area contributed by atoms with Gasteiger partial charge in [-0.05, 0) is 50.7 Å². The van der Waals surface area contributed by atoms with Crippen LogP contribution < -0.4 is 5.32 Å². The van der Waals surface area contributed by atoms with Gasteiger partial charge in [0.05, 0.1) is 0 Å². The van der Waals surface area contributed by atoms with Crippen LogP contribution in [0.1, 0.15) is 49.4 Å². The fourth-order valence-corrected chi connectivity index (χ4v) is 3.58. The van der Waals surface area contributed by atoms with Crippen molar-refractivity contribution in [2.45, 2.75) is 52.6 Å².